The van der Waals surface area contributed by atoms with Gasteiger partial charge in [-0.15, -0.1) is 0 Å². The second-order valence-electron chi connectivity index (χ2n) is 4.74. The Balaban J connectivity index is 2.14. The summed E-state index contributed by atoms with van der Waals surface area (Å²) >= 11 is 11.9. The molecule has 2 rings (SSSR count). The predicted octanol–water partition coefficient (Wildman–Crippen LogP) is 4.76. The molecule has 0 aliphatic rings. The molecule has 0 atom stereocenters. The lowest BCUT2D eigenvalue weighted by atomic mass is 10.2. The standard InChI is InChI=1S/C17H13Cl2N3O/c1-11-4-2-5-13(8-11)21-10-12(9-20)17(23)22-15-7-3-6-14(18)16(15)19/h2-8,10,21H,1H3,(H,22,23)/b12-10-. The van der Waals surface area contributed by atoms with Gasteiger partial charge >= 0.3 is 0 Å². The average molecular weight is 346 g/mol. The van der Waals surface area contributed by atoms with Crippen LogP contribution in [0.15, 0.2) is 54.2 Å². The van der Waals surface area contributed by atoms with E-state index in [1.807, 2.05) is 37.3 Å². The number of nitrogens with zero attached hydrogens (tertiary/aromatic N) is 1. The summed E-state index contributed by atoms with van der Waals surface area (Å²) in [5, 5.41) is 15.2. The van der Waals surface area contributed by atoms with E-state index in [4.69, 9.17) is 28.5 Å². The summed E-state index contributed by atoms with van der Waals surface area (Å²) in [7, 11) is 0. The fraction of sp³-hybridized carbons (Fsp3) is 0.0588. The SMILES string of the molecule is Cc1cccc(N/C=C(/C#N)C(=O)Nc2cccc(Cl)c2Cl)c1. The van der Waals surface area contributed by atoms with Crippen LogP contribution in [0.1, 0.15) is 5.56 Å². The molecule has 0 saturated heterocycles. The van der Waals surface area contributed by atoms with Gasteiger partial charge in [-0.3, -0.25) is 4.79 Å². The molecular formula is C17H13Cl2N3O. The number of aryl methyl sites for hydroxylation is 1. The molecule has 0 heterocycles. The Bertz CT molecular complexity index is 810. The first-order valence-electron chi connectivity index (χ1n) is 6.70. The highest BCUT2D eigenvalue weighted by atomic mass is 35.5. The molecule has 1 amide bonds. The third kappa shape index (κ3) is 4.49. The highest BCUT2D eigenvalue weighted by molar-refractivity contribution is 6.44. The lowest BCUT2D eigenvalue weighted by Crippen LogP contribution is -2.14. The molecule has 0 aliphatic carbocycles. The largest absolute Gasteiger partial charge is 0.360 e. The van der Waals surface area contributed by atoms with Gasteiger partial charge in [-0.1, -0.05) is 41.4 Å². The number of anilines is 2. The third-order valence-electron chi connectivity index (χ3n) is 2.97. The van der Waals surface area contributed by atoms with Crippen LogP contribution in [0.4, 0.5) is 11.4 Å². The van der Waals surface area contributed by atoms with Crippen LogP contribution in [0, 0.1) is 18.3 Å². The molecular weight excluding hydrogens is 333 g/mol. The zero-order chi connectivity index (χ0) is 16.8. The summed E-state index contributed by atoms with van der Waals surface area (Å²) in [4.78, 5) is 12.2. The number of benzene rings is 2. The second-order valence-corrected chi connectivity index (χ2v) is 5.52. The van der Waals surface area contributed by atoms with Gasteiger partial charge in [0.05, 0.1) is 15.7 Å². The molecule has 0 bridgehead atoms. The van der Waals surface area contributed by atoms with Crippen LogP contribution in [0.25, 0.3) is 0 Å². The van der Waals surface area contributed by atoms with Crippen molar-refractivity contribution in [2.75, 3.05) is 10.6 Å². The summed E-state index contributed by atoms with van der Waals surface area (Å²) in [6, 6.07) is 14.3. The average Bonchev–Trinajstić information content (AvgIpc) is 2.52. The van der Waals surface area contributed by atoms with E-state index in [0.717, 1.165) is 11.3 Å². The molecule has 0 unspecified atom stereocenters. The summed E-state index contributed by atoms with van der Waals surface area (Å²) in [6.07, 6.45) is 1.35. The number of hydrogen-bond acceptors (Lipinski definition) is 3. The number of carbonyl (C=O) groups excluding carboxylic acids is 1. The maximum atomic E-state index is 12.2. The van der Waals surface area contributed by atoms with Gasteiger partial charge in [0.25, 0.3) is 5.91 Å². The molecule has 2 aromatic carbocycles. The summed E-state index contributed by atoms with van der Waals surface area (Å²) < 4.78 is 0. The van der Waals surface area contributed by atoms with Crippen LogP contribution in [0.3, 0.4) is 0 Å². The van der Waals surface area contributed by atoms with Gasteiger partial charge in [-0.25, -0.2) is 0 Å². The highest BCUT2D eigenvalue weighted by Gasteiger charge is 2.12. The van der Waals surface area contributed by atoms with Gasteiger partial charge < -0.3 is 10.6 Å². The van der Waals surface area contributed by atoms with Crippen molar-refractivity contribution in [1.82, 2.24) is 0 Å². The zero-order valence-corrected chi connectivity index (χ0v) is 13.7. The number of halogens is 2. The van der Waals surface area contributed by atoms with Crippen LogP contribution in [0.5, 0.6) is 0 Å². The molecule has 0 radical (unpaired) electrons. The number of hydrogen-bond donors (Lipinski definition) is 2. The van der Waals surface area contributed by atoms with E-state index < -0.39 is 5.91 Å². The van der Waals surface area contributed by atoms with E-state index in [-0.39, 0.29) is 10.6 Å². The third-order valence-corrected chi connectivity index (χ3v) is 3.79. The quantitative estimate of drug-likeness (QED) is 0.620. The van der Waals surface area contributed by atoms with Crippen molar-refractivity contribution in [3.63, 3.8) is 0 Å². The minimum absolute atomic E-state index is 0.0810. The molecule has 0 saturated carbocycles. The van der Waals surface area contributed by atoms with E-state index in [1.165, 1.54) is 6.20 Å². The maximum Gasteiger partial charge on any atom is 0.267 e. The first-order valence-corrected chi connectivity index (χ1v) is 7.45. The monoisotopic (exact) mass is 345 g/mol. The van der Waals surface area contributed by atoms with Crippen molar-refractivity contribution in [2.45, 2.75) is 6.92 Å². The van der Waals surface area contributed by atoms with Crippen molar-refractivity contribution in [1.29, 1.82) is 5.26 Å². The molecule has 2 aromatic rings. The molecule has 4 nitrogen and oxygen atoms in total. The molecule has 23 heavy (non-hydrogen) atoms. The van der Waals surface area contributed by atoms with Crippen molar-refractivity contribution in [2.24, 2.45) is 0 Å². The first kappa shape index (κ1) is 16.9. The summed E-state index contributed by atoms with van der Waals surface area (Å²) in [5.74, 6) is -0.572. The van der Waals surface area contributed by atoms with E-state index in [2.05, 4.69) is 10.6 Å². The van der Waals surface area contributed by atoms with Gasteiger partial charge in [0.1, 0.15) is 11.6 Å². The predicted molar refractivity (Wildman–Crippen MR) is 93.6 cm³/mol. The maximum absolute atomic E-state index is 12.2. The van der Waals surface area contributed by atoms with Crippen molar-refractivity contribution < 1.29 is 4.79 Å². The molecule has 2 N–H and O–H groups in total. The minimum Gasteiger partial charge on any atom is -0.360 e. The molecule has 6 heteroatoms. The number of nitrogens with one attached hydrogen (secondary N) is 2. The smallest absolute Gasteiger partial charge is 0.267 e. The molecule has 0 spiro atoms. The lowest BCUT2D eigenvalue weighted by Gasteiger charge is -2.08. The summed E-state index contributed by atoms with van der Waals surface area (Å²) in [5.41, 5.74) is 2.12. The Morgan fingerprint density at radius 3 is 2.65 bits per heavy atom. The number of carbonyl (C=O) groups is 1. The Kier molecular flexibility index (Phi) is 5.64. The fourth-order valence-electron chi connectivity index (χ4n) is 1.83. The lowest BCUT2D eigenvalue weighted by molar-refractivity contribution is -0.112. The van der Waals surface area contributed by atoms with E-state index in [9.17, 15) is 4.79 Å². The minimum atomic E-state index is -0.572. The van der Waals surface area contributed by atoms with Crippen LogP contribution in [-0.4, -0.2) is 5.91 Å². The van der Waals surface area contributed by atoms with Gasteiger partial charge in [0.15, 0.2) is 0 Å². The van der Waals surface area contributed by atoms with E-state index in [0.29, 0.717) is 10.7 Å². The molecule has 116 valence electrons. The normalized spacial score (nSPS) is 10.8. The van der Waals surface area contributed by atoms with Crippen molar-refractivity contribution in [3.05, 3.63) is 69.8 Å². The Labute approximate surface area is 144 Å². The first-order chi connectivity index (χ1) is 11.0. The molecule has 0 fully saturated rings. The fourth-order valence-corrected chi connectivity index (χ4v) is 2.18. The van der Waals surface area contributed by atoms with E-state index in [1.54, 1.807) is 18.2 Å². The Morgan fingerprint density at radius 2 is 1.96 bits per heavy atom. The van der Waals surface area contributed by atoms with Crippen LogP contribution >= 0.6 is 23.2 Å². The van der Waals surface area contributed by atoms with Crippen LogP contribution < -0.4 is 10.6 Å². The zero-order valence-electron chi connectivity index (χ0n) is 12.2. The summed E-state index contributed by atoms with van der Waals surface area (Å²) in [6.45, 7) is 1.95. The Morgan fingerprint density at radius 1 is 1.22 bits per heavy atom. The Hall–Kier alpha value is -2.48. The topological polar surface area (TPSA) is 64.9 Å². The van der Waals surface area contributed by atoms with Crippen molar-refractivity contribution in [3.8, 4) is 6.07 Å². The number of amides is 1. The number of rotatable bonds is 4. The van der Waals surface area contributed by atoms with Crippen LogP contribution in [-0.2, 0) is 4.79 Å². The van der Waals surface area contributed by atoms with E-state index >= 15 is 0 Å². The van der Waals surface area contributed by atoms with Gasteiger partial charge in [0.2, 0.25) is 0 Å². The second kappa shape index (κ2) is 7.68. The molecule has 0 aliphatic heterocycles. The van der Waals surface area contributed by atoms with Gasteiger partial charge in [0, 0.05) is 11.9 Å². The highest BCUT2D eigenvalue weighted by Crippen LogP contribution is 2.29. The van der Waals surface area contributed by atoms with Crippen LogP contribution in [0.2, 0.25) is 10.0 Å². The van der Waals surface area contributed by atoms with Gasteiger partial charge in [-0.05, 0) is 36.8 Å². The number of nitriles is 1. The molecule has 0 aromatic heterocycles. The van der Waals surface area contributed by atoms with Gasteiger partial charge in [-0.2, -0.15) is 5.26 Å². The van der Waals surface area contributed by atoms with Crippen molar-refractivity contribution >= 4 is 40.5 Å².